The summed E-state index contributed by atoms with van der Waals surface area (Å²) in [6.07, 6.45) is 0.695. The Morgan fingerprint density at radius 3 is 2.58 bits per heavy atom. The number of amides is 1. The molecular weight excluding hydrogens is 514 g/mol. The zero-order chi connectivity index (χ0) is 27.9. The number of alkyl carbamates (subject to hydrolysis) is 1. The van der Waals surface area contributed by atoms with E-state index in [1.807, 2.05) is 36.4 Å². The first-order valence-corrected chi connectivity index (χ1v) is 13.1. The standard InChI is InChI=1S/C31H29NO8/c1-20-29(22-10-13-25-27(17-22)37-16-6-15-36-25)30(34)24-12-11-23(18-26(24)39-20)40-28(33)9-5-14-32-31(35)38-19-21-7-3-2-4-8-21/h2-4,7-8,10-13,17-18H,5-6,9,14-16,19H2,1H3,(H,32,35). The molecule has 5 rings (SSSR count). The quantitative estimate of drug-likeness (QED) is 0.175. The first-order chi connectivity index (χ1) is 19.5. The number of carbonyl (C=O) groups is 2. The molecule has 0 fully saturated rings. The minimum atomic E-state index is -0.553. The van der Waals surface area contributed by atoms with Crippen LogP contribution < -0.4 is 25.0 Å². The van der Waals surface area contributed by atoms with Gasteiger partial charge in [0.1, 0.15) is 23.7 Å². The normalized spacial score (nSPS) is 12.4. The van der Waals surface area contributed by atoms with Gasteiger partial charge in [0.25, 0.3) is 0 Å². The van der Waals surface area contributed by atoms with E-state index in [-0.39, 0.29) is 30.8 Å². The second-order valence-electron chi connectivity index (χ2n) is 9.30. The second kappa shape index (κ2) is 12.4. The number of nitrogens with one attached hydrogen (secondary N) is 1. The molecule has 3 aromatic carbocycles. The third kappa shape index (κ3) is 6.43. The maximum Gasteiger partial charge on any atom is 0.407 e. The van der Waals surface area contributed by atoms with Gasteiger partial charge in [-0.3, -0.25) is 9.59 Å². The fourth-order valence-electron chi connectivity index (χ4n) is 4.38. The fraction of sp³-hybridized carbons (Fsp3) is 0.258. The van der Waals surface area contributed by atoms with Crippen molar-refractivity contribution >= 4 is 23.0 Å². The molecule has 1 aromatic heterocycles. The number of esters is 1. The van der Waals surface area contributed by atoms with Crippen LogP contribution in [0.5, 0.6) is 17.2 Å². The predicted octanol–water partition coefficient (Wildman–Crippen LogP) is 5.54. The van der Waals surface area contributed by atoms with Crippen molar-refractivity contribution in [2.24, 2.45) is 0 Å². The van der Waals surface area contributed by atoms with Crippen LogP contribution in [-0.2, 0) is 16.1 Å². The Bertz CT molecular complexity index is 1580. The lowest BCUT2D eigenvalue weighted by Crippen LogP contribution is -2.26. The fourth-order valence-corrected chi connectivity index (χ4v) is 4.38. The number of rotatable bonds is 8. The molecule has 0 bridgehead atoms. The van der Waals surface area contributed by atoms with Crippen LogP contribution in [0, 0.1) is 6.92 Å². The van der Waals surface area contributed by atoms with Crippen molar-refractivity contribution in [1.82, 2.24) is 5.32 Å². The Hall–Kier alpha value is -4.79. The molecule has 0 atom stereocenters. The highest BCUT2D eigenvalue weighted by Gasteiger charge is 2.18. The van der Waals surface area contributed by atoms with Crippen molar-refractivity contribution in [1.29, 1.82) is 0 Å². The summed E-state index contributed by atoms with van der Waals surface area (Å²) < 4.78 is 28.0. The lowest BCUT2D eigenvalue weighted by molar-refractivity contribution is -0.134. The van der Waals surface area contributed by atoms with Gasteiger partial charge in [0.05, 0.1) is 24.2 Å². The van der Waals surface area contributed by atoms with Crippen LogP contribution in [0.2, 0.25) is 0 Å². The molecule has 0 saturated heterocycles. The van der Waals surface area contributed by atoms with E-state index in [1.54, 1.807) is 31.2 Å². The summed E-state index contributed by atoms with van der Waals surface area (Å²) in [5, 5.41) is 2.98. The van der Waals surface area contributed by atoms with Crippen molar-refractivity contribution in [3.8, 4) is 28.4 Å². The van der Waals surface area contributed by atoms with Gasteiger partial charge in [0.15, 0.2) is 11.5 Å². The number of ether oxygens (including phenoxy) is 4. The molecule has 0 saturated carbocycles. The largest absolute Gasteiger partial charge is 0.490 e. The summed E-state index contributed by atoms with van der Waals surface area (Å²) in [4.78, 5) is 37.6. The summed E-state index contributed by atoms with van der Waals surface area (Å²) in [7, 11) is 0. The number of hydrogen-bond donors (Lipinski definition) is 1. The molecule has 0 radical (unpaired) electrons. The number of hydrogen-bond acceptors (Lipinski definition) is 8. The van der Waals surface area contributed by atoms with E-state index in [0.29, 0.717) is 59.0 Å². The van der Waals surface area contributed by atoms with Crippen molar-refractivity contribution in [3.05, 3.63) is 88.3 Å². The summed E-state index contributed by atoms with van der Waals surface area (Å²) in [5.74, 6) is 1.46. The average Bonchev–Trinajstić information content (AvgIpc) is 3.20. The van der Waals surface area contributed by atoms with Gasteiger partial charge in [-0.15, -0.1) is 0 Å². The average molecular weight is 544 g/mol. The monoisotopic (exact) mass is 543 g/mol. The lowest BCUT2D eigenvalue weighted by atomic mass is 10.0. The van der Waals surface area contributed by atoms with Crippen LogP contribution in [0.15, 0.2) is 75.9 Å². The summed E-state index contributed by atoms with van der Waals surface area (Å²) in [6.45, 7) is 3.27. The van der Waals surface area contributed by atoms with Gasteiger partial charge >= 0.3 is 12.1 Å². The topological polar surface area (TPSA) is 113 Å². The zero-order valence-corrected chi connectivity index (χ0v) is 22.1. The van der Waals surface area contributed by atoms with Crippen LogP contribution in [0.1, 0.15) is 30.6 Å². The molecule has 0 aliphatic carbocycles. The van der Waals surface area contributed by atoms with Crippen LogP contribution in [0.25, 0.3) is 22.1 Å². The highest BCUT2D eigenvalue weighted by atomic mass is 16.5. The van der Waals surface area contributed by atoms with E-state index in [2.05, 4.69) is 5.32 Å². The number of benzene rings is 3. The molecule has 0 spiro atoms. The van der Waals surface area contributed by atoms with E-state index in [4.69, 9.17) is 23.4 Å². The smallest absolute Gasteiger partial charge is 0.407 e. The SMILES string of the molecule is Cc1oc2cc(OC(=O)CCCNC(=O)OCc3ccccc3)ccc2c(=O)c1-c1ccc2c(c1)OCCCO2. The summed E-state index contributed by atoms with van der Waals surface area (Å²) in [5.41, 5.74) is 2.11. The third-order valence-electron chi connectivity index (χ3n) is 6.35. The van der Waals surface area contributed by atoms with Gasteiger partial charge in [-0.2, -0.15) is 0 Å². The third-order valence-corrected chi connectivity index (χ3v) is 6.35. The van der Waals surface area contributed by atoms with Gasteiger partial charge < -0.3 is 28.7 Å². The highest BCUT2D eigenvalue weighted by Crippen LogP contribution is 2.35. The second-order valence-corrected chi connectivity index (χ2v) is 9.30. The minimum Gasteiger partial charge on any atom is -0.490 e. The van der Waals surface area contributed by atoms with Crippen LogP contribution in [0.4, 0.5) is 4.79 Å². The zero-order valence-electron chi connectivity index (χ0n) is 22.1. The molecule has 1 aliphatic rings. The van der Waals surface area contributed by atoms with Gasteiger partial charge in [-0.1, -0.05) is 36.4 Å². The maximum absolute atomic E-state index is 13.4. The van der Waals surface area contributed by atoms with E-state index < -0.39 is 12.1 Å². The first-order valence-electron chi connectivity index (χ1n) is 13.1. The maximum atomic E-state index is 13.4. The predicted molar refractivity (Wildman–Crippen MR) is 148 cm³/mol. The molecule has 2 heterocycles. The minimum absolute atomic E-state index is 0.0863. The van der Waals surface area contributed by atoms with Crippen molar-refractivity contribution in [2.75, 3.05) is 19.8 Å². The Morgan fingerprint density at radius 1 is 0.950 bits per heavy atom. The van der Waals surface area contributed by atoms with Crippen LogP contribution in [-0.4, -0.2) is 31.8 Å². The van der Waals surface area contributed by atoms with Gasteiger partial charge in [-0.05, 0) is 48.7 Å². The van der Waals surface area contributed by atoms with Crippen LogP contribution in [0.3, 0.4) is 0 Å². The molecule has 1 N–H and O–H groups in total. The van der Waals surface area contributed by atoms with Crippen molar-refractivity contribution in [2.45, 2.75) is 32.8 Å². The molecule has 9 nitrogen and oxygen atoms in total. The molecule has 9 heteroatoms. The Labute approximate surface area is 230 Å². The van der Waals surface area contributed by atoms with E-state index in [0.717, 1.165) is 12.0 Å². The van der Waals surface area contributed by atoms with Crippen LogP contribution >= 0.6 is 0 Å². The molecule has 206 valence electrons. The molecule has 4 aromatic rings. The summed E-state index contributed by atoms with van der Waals surface area (Å²) in [6, 6.07) is 19.4. The van der Waals surface area contributed by atoms with Gasteiger partial charge in [0.2, 0.25) is 5.43 Å². The highest BCUT2D eigenvalue weighted by molar-refractivity contribution is 5.85. The van der Waals surface area contributed by atoms with Crippen molar-refractivity contribution < 1.29 is 33.0 Å². The first kappa shape index (κ1) is 26.8. The Morgan fingerprint density at radius 2 is 1.75 bits per heavy atom. The molecule has 1 aliphatic heterocycles. The molecule has 40 heavy (non-hydrogen) atoms. The molecule has 1 amide bonds. The number of carbonyl (C=O) groups excluding carboxylic acids is 2. The molecular formula is C31H29NO8. The Kier molecular flexibility index (Phi) is 8.29. The van der Waals surface area contributed by atoms with E-state index in [9.17, 15) is 14.4 Å². The Balaban J connectivity index is 1.18. The summed E-state index contributed by atoms with van der Waals surface area (Å²) >= 11 is 0. The lowest BCUT2D eigenvalue weighted by Gasteiger charge is -2.12. The number of fused-ring (bicyclic) bond motifs is 2. The number of aryl methyl sites for hydroxylation is 1. The van der Waals surface area contributed by atoms with Gasteiger partial charge in [-0.25, -0.2) is 4.79 Å². The van der Waals surface area contributed by atoms with Gasteiger partial charge in [0, 0.05) is 25.5 Å². The molecule has 0 unspecified atom stereocenters. The van der Waals surface area contributed by atoms with E-state index >= 15 is 0 Å². The van der Waals surface area contributed by atoms with E-state index in [1.165, 1.54) is 6.07 Å². The van der Waals surface area contributed by atoms with Crippen molar-refractivity contribution in [3.63, 3.8) is 0 Å².